The van der Waals surface area contributed by atoms with Crippen LogP contribution in [0.25, 0.3) is 16.3 Å². The Morgan fingerprint density at radius 1 is 1.12 bits per heavy atom. The lowest BCUT2D eigenvalue weighted by Crippen LogP contribution is -1.98. The van der Waals surface area contributed by atoms with Crippen LogP contribution in [0.1, 0.15) is 11.1 Å². The van der Waals surface area contributed by atoms with Crippen molar-refractivity contribution in [3.63, 3.8) is 0 Å². The van der Waals surface area contributed by atoms with Crippen molar-refractivity contribution in [3.8, 4) is 0 Å². The molecule has 3 rings (SSSR count). The summed E-state index contributed by atoms with van der Waals surface area (Å²) in [6.07, 6.45) is 2.52. The lowest BCUT2D eigenvalue weighted by Gasteiger charge is -2.06. The molecule has 2 heteroatoms. The van der Waals surface area contributed by atoms with Gasteiger partial charge in [0.05, 0.1) is 5.57 Å². The molecule has 2 aromatic rings. The number of benzene rings is 2. The molecule has 0 radical (unpaired) electrons. The normalized spacial score (nSPS) is 13.6. The summed E-state index contributed by atoms with van der Waals surface area (Å²) in [5, 5.41) is 11.3. The first kappa shape index (κ1) is 9.16. The van der Waals surface area contributed by atoms with Crippen LogP contribution in [0.15, 0.2) is 42.5 Å². The van der Waals surface area contributed by atoms with Crippen molar-refractivity contribution < 1.29 is 9.90 Å². The molecule has 0 heterocycles. The Morgan fingerprint density at radius 2 is 1.94 bits per heavy atom. The zero-order chi connectivity index (χ0) is 11.1. The van der Waals surface area contributed by atoms with Gasteiger partial charge in [-0.2, -0.15) is 0 Å². The molecule has 0 atom stereocenters. The molecule has 0 aliphatic heterocycles. The smallest absolute Gasteiger partial charge is 0.336 e. The molecule has 0 unspecified atom stereocenters. The lowest BCUT2D eigenvalue weighted by atomic mass is 9.97. The molecule has 1 aliphatic rings. The van der Waals surface area contributed by atoms with E-state index in [-0.39, 0.29) is 0 Å². The van der Waals surface area contributed by atoms with Gasteiger partial charge in [0, 0.05) is 0 Å². The van der Waals surface area contributed by atoms with Crippen LogP contribution in [0.4, 0.5) is 0 Å². The third-order valence-corrected chi connectivity index (χ3v) is 3.04. The average molecular weight is 210 g/mol. The Morgan fingerprint density at radius 3 is 2.75 bits per heavy atom. The van der Waals surface area contributed by atoms with Crippen LogP contribution in [0.5, 0.6) is 0 Å². The monoisotopic (exact) mass is 210 g/mol. The first-order chi connectivity index (χ1) is 7.77. The molecule has 78 valence electrons. The zero-order valence-corrected chi connectivity index (χ0v) is 8.60. The van der Waals surface area contributed by atoms with Gasteiger partial charge in [-0.1, -0.05) is 42.5 Å². The average Bonchev–Trinajstić information content (AvgIpc) is 2.73. The highest BCUT2D eigenvalue weighted by molar-refractivity contribution is 6.21. The van der Waals surface area contributed by atoms with Crippen LogP contribution in [0.2, 0.25) is 0 Å². The summed E-state index contributed by atoms with van der Waals surface area (Å²) in [6.45, 7) is 0. The molecule has 0 amide bonds. The largest absolute Gasteiger partial charge is 0.478 e. The third-order valence-electron chi connectivity index (χ3n) is 3.04. The Labute approximate surface area is 92.8 Å². The lowest BCUT2D eigenvalue weighted by molar-refractivity contribution is -0.130. The Bertz CT molecular complexity index is 624. The highest BCUT2D eigenvalue weighted by atomic mass is 16.4. The van der Waals surface area contributed by atoms with E-state index in [9.17, 15) is 4.79 Å². The molecule has 0 saturated carbocycles. The molecule has 0 saturated heterocycles. The second-order valence-electron chi connectivity index (χ2n) is 3.95. The van der Waals surface area contributed by atoms with E-state index in [0.29, 0.717) is 5.57 Å². The number of carboxylic acids is 1. The maximum Gasteiger partial charge on any atom is 0.336 e. The van der Waals surface area contributed by atoms with E-state index >= 15 is 0 Å². The summed E-state index contributed by atoms with van der Waals surface area (Å²) in [5.74, 6) is -0.838. The number of carbonyl (C=O) groups is 1. The fraction of sp³-hybridized carbons (Fsp3) is 0.0714. The molecule has 2 aromatic carbocycles. The highest BCUT2D eigenvalue weighted by Gasteiger charge is 2.21. The molecule has 0 spiro atoms. The second-order valence-corrected chi connectivity index (χ2v) is 3.95. The van der Waals surface area contributed by atoms with Crippen molar-refractivity contribution >= 4 is 22.3 Å². The molecule has 0 fully saturated rings. The van der Waals surface area contributed by atoms with Crippen molar-refractivity contribution in [2.75, 3.05) is 0 Å². The number of rotatable bonds is 1. The maximum absolute atomic E-state index is 11.1. The quantitative estimate of drug-likeness (QED) is 0.785. The van der Waals surface area contributed by atoms with Crippen LogP contribution in [-0.2, 0) is 11.2 Å². The summed E-state index contributed by atoms with van der Waals surface area (Å²) in [7, 11) is 0. The standard InChI is InChI=1S/C14H10O2/c15-14(16)12-8-7-10-6-5-9-3-1-2-4-11(9)13(10)12/h1-6,8H,7H2,(H,15,16). The first-order valence-electron chi connectivity index (χ1n) is 5.22. The van der Waals surface area contributed by atoms with E-state index in [1.807, 2.05) is 36.4 Å². The van der Waals surface area contributed by atoms with Crippen LogP contribution in [-0.4, -0.2) is 11.1 Å². The molecular formula is C14H10O2. The number of hydrogen-bond donors (Lipinski definition) is 1. The Kier molecular flexibility index (Phi) is 1.83. The van der Waals surface area contributed by atoms with Gasteiger partial charge >= 0.3 is 5.97 Å². The van der Waals surface area contributed by atoms with E-state index in [0.717, 1.165) is 28.3 Å². The molecule has 2 nitrogen and oxygen atoms in total. The summed E-state index contributed by atoms with van der Waals surface area (Å²) < 4.78 is 0. The van der Waals surface area contributed by atoms with Gasteiger partial charge in [-0.25, -0.2) is 4.79 Å². The minimum absolute atomic E-state index is 0.437. The fourth-order valence-corrected chi connectivity index (χ4v) is 2.31. The van der Waals surface area contributed by atoms with Crippen molar-refractivity contribution in [1.82, 2.24) is 0 Å². The number of aliphatic carboxylic acids is 1. The summed E-state index contributed by atoms with van der Waals surface area (Å²) >= 11 is 0. The first-order valence-corrected chi connectivity index (χ1v) is 5.22. The minimum atomic E-state index is -0.838. The molecular weight excluding hydrogens is 200 g/mol. The fourth-order valence-electron chi connectivity index (χ4n) is 2.31. The van der Waals surface area contributed by atoms with Crippen LogP contribution in [0.3, 0.4) is 0 Å². The van der Waals surface area contributed by atoms with Gasteiger partial charge in [0.25, 0.3) is 0 Å². The van der Waals surface area contributed by atoms with Crippen LogP contribution >= 0.6 is 0 Å². The van der Waals surface area contributed by atoms with Crippen molar-refractivity contribution in [3.05, 3.63) is 53.6 Å². The van der Waals surface area contributed by atoms with Gasteiger partial charge in [0.1, 0.15) is 0 Å². The number of hydrogen-bond acceptors (Lipinski definition) is 1. The van der Waals surface area contributed by atoms with Crippen LogP contribution < -0.4 is 0 Å². The minimum Gasteiger partial charge on any atom is -0.478 e. The van der Waals surface area contributed by atoms with E-state index in [1.54, 1.807) is 6.08 Å². The summed E-state index contributed by atoms with van der Waals surface area (Å²) in [4.78, 5) is 11.1. The molecule has 16 heavy (non-hydrogen) atoms. The van der Waals surface area contributed by atoms with E-state index < -0.39 is 5.97 Å². The molecule has 1 N–H and O–H groups in total. The van der Waals surface area contributed by atoms with Crippen molar-refractivity contribution in [2.45, 2.75) is 6.42 Å². The van der Waals surface area contributed by atoms with Gasteiger partial charge < -0.3 is 5.11 Å². The topological polar surface area (TPSA) is 37.3 Å². The number of fused-ring (bicyclic) bond motifs is 3. The van der Waals surface area contributed by atoms with Gasteiger partial charge in [0.2, 0.25) is 0 Å². The Balaban J connectivity index is 2.38. The van der Waals surface area contributed by atoms with Gasteiger partial charge in [-0.15, -0.1) is 0 Å². The molecule has 1 aliphatic carbocycles. The number of allylic oxidation sites excluding steroid dienone is 1. The van der Waals surface area contributed by atoms with Gasteiger partial charge in [-0.05, 0) is 28.3 Å². The summed E-state index contributed by atoms with van der Waals surface area (Å²) in [6, 6.07) is 12.0. The molecule has 0 aromatic heterocycles. The predicted molar refractivity (Wildman–Crippen MR) is 63.3 cm³/mol. The van der Waals surface area contributed by atoms with E-state index in [1.165, 1.54) is 0 Å². The maximum atomic E-state index is 11.1. The SMILES string of the molecule is O=C(O)C1=CCc2ccc3ccccc3c21. The van der Waals surface area contributed by atoms with Gasteiger partial charge in [0.15, 0.2) is 0 Å². The summed E-state index contributed by atoms with van der Waals surface area (Å²) in [5.41, 5.74) is 2.44. The van der Waals surface area contributed by atoms with E-state index in [2.05, 4.69) is 0 Å². The number of carboxylic acid groups (broad SMARTS) is 1. The molecule has 0 bridgehead atoms. The van der Waals surface area contributed by atoms with Crippen molar-refractivity contribution in [1.29, 1.82) is 0 Å². The second kappa shape index (κ2) is 3.20. The van der Waals surface area contributed by atoms with Crippen molar-refractivity contribution in [2.24, 2.45) is 0 Å². The third kappa shape index (κ3) is 1.16. The predicted octanol–water partition coefficient (Wildman–Crippen LogP) is 2.86. The highest BCUT2D eigenvalue weighted by Crippen LogP contribution is 2.34. The van der Waals surface area contributed by atoms with Gasteiger partial charge in [-0.3, -0.25) is 0 Å². The van der Waals surface area contributed by atoms with E-state index in [4.69, 9.17) is 5.11 Å². The Hall–Kier alpha value is -2.09. The zero-order valence-electron chi connectivity index (χ0n) is 8.60. The van der Waals surface area contributed by atoms with Crippen LogP contribution in [0, 0.1) is 0 Å².